The molecule has 1 fully saturated rings. The van der Waals surface area contributed by atoms with E-state index >= 15 is 0 Å². The number of hydrogen-bond donors (Lipinski definition) is 0. The monoisotopic (exact) mass is 345 g/mol. The number of rotatable bonds is 3. The zero-order valence-corrected chi connectivity index (χ0v) is 14.1. The van der Waals surface area contributed by atoms with Gasteiger partial charge in [-0.2, -0.15) is 0 Å². The van der Waals surface area contributed by atoms with Crippen molar-refractivity contribution in [3.63, 3.8) is 0 Å². The van der Waals surface area contributed by atoms with Crippen LogP contribution in [-0.4, -0.2) is 24.7 Å². The van der Waals surface area contributed by atoms with Crippen LogP contribution in [0.25, 0.3) is 0 Å². The fourth-order valence-corrected chi connectivity index (χ4v) is 3.89. The number of carbonyl (C=O) groups is 2. The number of methoxy groups -OCH3 is 1. The maximum absolute atomic E-state index is 13.1. The van der Waals surface area contributed by atoms with Crippen LogP contribution in [0.3, 0.4) is 0 Å². The molecule has 0 radical (unpaired) electrons. The highest BCUT2D eigenvalue weighted by molar-refractivity contribution is 8.00. The molecule has 1 saturated heterocycles. The molecule has 0 aromatic heterocycles. The average molecular weight is 345 g/mol. The Morgan fingerprint density at radius 3 is 2.58 bits per heavy atom. The Kier molecular flexibility index (Phi) is 4.57. The molecule has 3 rings (SSSR count). The van der Waals surface area contributed by atoms with Crippen molar-refractivity contribution in [1.29, 1.82) is 0 Å². The maximum Gasteiger partial charge on any atom is 0.338 e. The maximum atomic E-state index is 13.1. The first-order chi connectivity index (χ1) is 11.5. The highest BCUT2D eigenvalue weighted by Gasteiger charge is 2.34. The van der Waals surface area contributed by atoms with E-state index in [-0.39, 0.29) is 17.1 Å². The molecule has 2 aromatic carbocycles. The van der Waals surface area contributed by atoms with Crippen LogP contribution in [0.15, 0.2) is 42.5 Å². The summed E-state index contributed by atoms with van der Waals surface area (Å²) >= 11 is 1.50. The molecule has 1 amide bonds. The van der Waals surface area contributed by atoms with Crippen LogP contribution in [0.2, 0.25) is 0 Å². The normalized spacial score (nSPS) is 17.2. The van der Waals surface area contributed by atoms with Gasteiger partial charge in [-0.25, -0.2) is 9.18 Å². The fourth-order valence-electron chi connectivity index (χ4n) is 2.71. The summed E-state index contributed by atoms with van der Waals surface area (Å²) in [7, 11) is 1.33. The average Bonchev–Trinajstić information content (AvgIpc) is 2.96. The van der Waals surface area contributed by atoms with E-state index < -0.39 is 5.97 Å². The smallest absolute Gasteiger partial charge is 0.338 e. The number of hydrogen-bond acceptors (Lipinski definition) is 4. The topological polar surface area (TPSA) is 46.6 Å². The van der Waals surface area contributed by atoms with Gasteiger partial charge in [0.1, 0.15) is 11.2 Å². The first kappa shape index (κ1) is 16.5. The molecule has 24 heavy (non-hydrogen) atoms. The number of benzene rings is 2. The van der Waals surface area contributed by atoms with Crippen LogP contribution in [0.5, 0.6) is 0 Å². The highest BCUT2D eigenvalue weighted by Crippen LogP contribution is 2.42. The van der Waals surface area contributed by atoms with Crippen molar-refractivity contribution in [3.05, 3.63) is 65.0 Å². The molecule has 1 atom stereocenters. The van der Waals surface area contributed by atoms with E-state index in [1.807, 2.05) is 0 Å². The molecule has 1 aliphatic heterocycles. The lowest BCUT2D eigenvalue weighted by atomic mass is 10.1. The summed E-state index contributed by atoms with van der Waals surface area (Å²) in [5, 5.41) is -0.207. The van der Waals surface area contributed by atoms with Gasteiger partial charge in [0.05, 0.1) is 18.4 Å². The predicted molar refractivity (Wildman–Crippen MR) is 91.6 cm³/mol. The molecular weight excluding hydrogens is 329 g/mol. The number of thioether (sulfide) groups is 1. The van der Waals surface area contributed by atoms with Crippen molar-refractivity contribution in [2.75, 3.05) is 17.8 Å². The van der Waals surface area contributed by atoms with Crippen LogP contribution < -0.4 is 4.90 Å². The molecule has 0 bridgehead atoms. The number of halogens is 1. The predicted octanol–water partition coefficient (Wildman–Crippen LogP) is 3.70. The van der Waals surface area contributed by atoms with E-state index in [0.29, 0.717) is 17.0 Å². The summed E-state index contributed by atoms with van der Waals surface area (Å²) in [4.78, 5) is 25.7. The van der Waals surface area contributed by atoms with Crippen molar-refractivity contribution < 1.29 is 18.7 Å². The zero-order valence-electron chi connectivity index (χ0n) is 13.3. The van der Waals surface area contributed by atoms with Gasteiger partial charge in [-0.3, -0.25) is 9.69 Å². The quantitative estimate of drug-likeness (QED) is 0.796. The minimum atomic E-state index is -0.406. The molecule has 0 N–H and O–H groups in total. The molecule has 1 unspecified atom stereocenters. The second kappa shape index (κ2) is 6.65. The lowest BCUT2D eigenvalue weighted by Gasteiger charge is -2.25. The summed E-state index contributed by atoms with van der Waals surface area (Å²) in [5.41, 5.74) is 2.78. The third kappa shape index (κ3) is 3.01. The van der Waals surface area contributed by atoms with Crippen molar-refractivity contribution in [2.24, 2.45) is 0 Å². The van der Waals surface area contributed by atoms with Crippen LogP contribution in [0.1, 0.15) is 26.9 Å². The van der Waals surface area contributed by atoms with Gasteiger partial charge in [0.2, 0.25) is 5.91 Å². The van der Waals surface area contributed by atoms with Crippen molar-refractivity contribution >= 4 is 29.3 Å². The molecule has 6 heteroatoms. The summed E-state index contributed by atoms with van der Waals surface area (Å²) in [6.07, 6.45) is 0. The third-order valence-corrected chi connectivity index (χ3v) is 5.13. The molecule has 4 nitrogen and oxygen atoms in total. The first-order valence-corrected chi connectivity index (χ1v) is 8.44. The summed E-state index contributed by atoms with van der Waals surface area (Å²) in [5.74, 6) is -0.367. The van der Waals surface area contributed by atoms with Crippen LogP contribution in [-0.2, 0) is 9.53 Å². The standard InChI is InChI=1S/C18H16FNO3S/c1-11-9-14(7-8-15(11)18(22)23-2)20-16(21)10-24-17(20)12-3-5-13(19)6-4-12/h3-9,17H,10H2,1-2H3. The van der Waals surface area contributed by atoms with Crippen LogP contribution >= 0.6 is 11.8 Å². The molecule has 1 heterocycles. The number of nitrogens with zero attached hydrogens (tertiary/aromatic N) is 1. The Hall–Kier alpha value is -2.34. The lowest BCUT2D eigenvalue weighted by molar-refractivity contribution is -0.115. The van der Waals surface area contributed by atoms with E-state index in [2.05, 4.69) is 0 Å². The molecular formula is C18H16FNO3S. The Balaban J connectivity index is 1.96. The molecule has 0 aliphatic carbocycles. The van der Waals surface area contributed by atoms with E-state index in [1.165, 1.54) is 31.0 Å². The molecule has 1 aliphatic rings. The van der Waals surface area contributed by atoms with E-state index in [0.717, 1.165) is 11.1 Å². The van der Waals surface area contributed by atoms with Gasteiger partial charge in [-0.1, -0.05) is 12.1 Å². The molecule has 0 spiro atoms. The van der Waals surface area contributed by atoms with Gasteiger partial charge >= 0.3 is 5.97 Å². The largest absolute Gasteiger partial charge is 0.465 e. The Labute approximate surface area is 143 Å². The van der Waals surface area contributed by atoms with E-state index in [9.17, 15) is 14.0 Å². The second-order valence-electron chi connectivity index (χ2n) is 5.47. The Bertz CT molecular complexity index is 791. The number of amides is 1. The minimum Gasteiger partial charge on any atom is -0.465 e. The zero-order chi connectivity index (χ0) is 17.3. The Morgan fingerprint density at radius 2 is 1.96 bits per heavy atom. The summed E-state index contributed by atoms with van der Waals surface area (Å²) in [6, 6.07) is 11.4. The number of carbonyl (C=O) groups excluding carboxylic acids is 2. The second-order valence-corrected chi connectivity index (χ2v) is 6.54. The van der Waals surface area contributed by atoms with Crippen molar-refractivity contribution in [1.82, 2.24) is 0 Å². The lowest BCUT2D eigenvalue weighted by Crippen LogP contribution is -2.28. The third-order valence-electron chi connectivity index (χ3n) is 3.92. The summed E-state index contributed by atoms with van der Waals surface area (Å²) in [6.45, 7) is 1.80. The molecule has 2 aromatic rings. The van der Waals surface area contributed by atoms with E-state index in [1.54, 1.807) is 42.2 Å². The van der Waals surface area contributed by atoms with Gasteiger partial charge in [-0.15, -0.1) is 11.8 Å². The first-order valence-electron chi connectivity index (χ1n) is 7.39. The Morgan fingerprint density at radius 1 is 1.25 bits per heavy atom. The van der Waals surface area contributed by atoms with Crippen molar-refractivity contribution in [2.45, 2.75) is 12.3 Å². The summed E-state index contributed by atoms with van der Waals surface area (Å²) < 4.78 is 17.9. The van der Waals surface area contributed by atoms with Crippen LogP contribution in [0.4, 0.5) is 10.1 Å². The molecule has 0 saturated carbocycles. The van der Waals surface area contributed by atoms with Crippen molar-refractivity contribution in [3.8, 4) is 0 Å². The minimum absolute atomic E-state index is 0.0143. The van der Waals surface area contributed by atoms with Gasteiger partial charge in [-0.05, 0) is 48.4 Å². The molecule has 124 valence electrons. The fraction of sp³-hybridized carbons (Fsp3) is 0.222. The van der Waals surface area contributed by atoms with E-state index in [4.69, 9.17) is 4.74 Å². The van der Waals surface area contributed by atoms with Gasteiger partial charge in [0.15, 0.2) is 0 Å². The van der Waals surface area contributed by atoms with Gasteiger partial charge in [0, 0.05) is 5.69 Å². The number of aryl methyl sites for hydroxylation is 1. The van der Waals surface area contributed by atoms with Gasteiger partial charge < -0.3 is 4.74 Å². The number of anilines is 1. The van der Waals surface area contributed by atoms with Gasteiger partial charge in [0.25, 0.3) is 0 Å². The highest BCUT2D eigenvalue weighted by atomic mass is 32.2. The number of esters is 1. The number of ether oxygens (including phenoxy) is 1. The SMILES string of the molecule is COC(=O)c1ccc(N2C(=O)CSC2c2ccc(F)cc2)cc1C. The van der Waals surface area contributed by atoms with Crippen LogP contribution in [0, 0.1) is 12.7 Å².